The van der Waals surface area contributed by atoms with Gasteiger partial charge in [0.2, 0.25) is 0 Å². The maximum Gasteiger partial charge on any atom is 0.319 e. The van der Waals surface area contributed by atoms with Crippen molar-refractivity contribution in [1.82, 2.24) is 24.8 Å². The van der Waals surface area contributed by atoms with Crippen molar-refractivity contribution >= 4 is 34.2 Å². The van der Waals surface area contributed by atoms with Crippen LogP contribution in [-0.4, -0.2) is 77.6 Å². The third-order valence-electron chi connectivity index (χ3n) is 7.94. The van der Waals surface area contributed by atoms with Crippen LogP contribution in [0, 0.1) is 12.7 Å². The van der Waals surface area contributed by atoms with E-state index in [1.807, 2.05) is 31.2 Å². The minimum absolute atomic E-state index is 0.0207. The Bertz CT molecular complexity index is 1710. The summed E-state index contributed by atoms with van der Waals surface area (Å²) in [6.45, 7) is 7.67. The van der Waals surface area contributed by atoms with Crippen molar-refractivity contribution in [2.75, 3.05) is 46.2 Å². The van der Waals surface area contributed by atoms with Crippen molar-refractivity contribution in [1.29, 1.82) is 0 Å². The maximum atomic E-state index is 15.0. The number of amides is 3. The van der Waals surface area contributed by atoms with Gasteiger partial charge in [-0.2, -0.15) is 0 Å². The average Bonchev–Trinajstić information content (AvgIpc) is 3.43. The summed E-state index contributed by atoms with van der Waals surface area (Å²) in [6.07, 6.45) is 4.17. The van der Waals surface area contributed by atoms with E-state index in [9.17, 15) is 14.0 Å². The number of aromatic nitrogens is 3. The van der Waals surface area contributed by atoms with Crippen molar-refractivity contribution in [2.45, 2.75) is 32.6 Å². The van der Waals surface area contributed by atoms with Crippen LogP contribution >= 0.6 is 0 Å². The smallest absolute Gasteiger partial charge is 0.319 e. The first-order valence-corrected chi connectivity index (χ1v) is 14.2. The number of ether oxygens (including phenoxy) is 1. The van der Waals surface area contributed by atoms with Gasteiger partial charge in [0, 0.05) is 67.6 Å². The lowest BCUT2D eigenvalue weighted by molar-refractivity contribution is 0.102. The molecule has 43 heavy (non-hydrogen) atoms. The SMILES string of the molecule is COCC(C)(C)c1ccc(C(=O)Nc2cc(F)cc(-c3ncnc4[nH]c(C5=CCN(C(=O)N(C)C)CC5)cc34)c2C)cc1. The molecular formula is C33H37FN6O3. The van der Waals surface area contributed by atoms with Gasteiger partial charge in [-0.3, -0.25) is 4.79 Å². The van der Waals surface area contributed by atoms with Crippen LogP contribution in [0.15, 0.2) is 54.9 Å². The maximum absolute atomic E-state index is 15.0. The molecule has 0 spiro atoms. The Kier molecular flexibility index (Phi) is 8.32. The zero-order valence-electron chi connectivity index (χ0n) is 25.4. The van der Waals surface area contributed by atoms with Crippen LogP contribution in [0.4, 0.5) is 14.9 Å². The molecule has 3 heterocycles. The number of carbonyl (C=O) groups excluding carboxylic acids is 2. The molecule has 0 aliphatic carbocycles. The molecule has 0 fully saturated rings. The second-order valence-corrected chi connectivity index (χ2v) is 11.7. The molecule has 3 amide bonds. The van der Waals surface area contributed by atoms with E-state index in [1.165, 1.54) is 18.5 Å². The number of H-pyrrole nitrogens is 1. The summed E-state index contributed by atoms with van der Waals surface area (Å²) in [5, 5.41) is 3.63. The van der Waals surface area contributed by atoms with Gasteiger partial charge in [0.25, 0.3) is 5.91 Å². The number of aromatic amines is 1. The van der Waals surface area contributed by atoms with Crippen molar-refractivity contribution in [3.8, 4) is 11.3 Å². The highest BCUT2D eigenvalue weighted by Crippen LogP contribution is 2.35. The molecule has 0 bridgehead atoms. The lowest BCUT2D eigenvalue weighted by atomic mass is 9.85. The number of nitrogens with one attached hydrogen (secondary N) is 2. The molecule has 9 nitrogen and oxygen atoms in total. The highest BCUT2D eigenvalue weighted by atomic mass is 19.1. The van der Waals surface area contributed by atoms with Crippen molar-refractivity contribution in [2.24, 2.45) is 0 Å². The van der Waals surface area contributed by atoms with E-state index in [-0.39, 0.29) is 17.4 Å². The number of fused-ring (bicyclic) bond motifs is 1. The second kappa shape index (κ2) is 12.0. The summed E-state index contributed by atoms with van der Waals surface area (Å²) >= 11 is 0. The Balaban J connectivity index is 1.42. The summed E-state index contributed by atoms with van der Waals surface area (Å²) in [5.74, 6) is -0.825. The number of anilines is 1. The Morgan fingerprint density at radius 3 is 2.53 bits per heavy atom. The standard InChI is InChI=1S/C33H37FN6O3/c1-20-25(15-24(34)16-27(20)38-31(41)22-7-9-23(10-8-22)33(2,3)18-43-6)29-26-17-28(37-30(26)36-19-35-29)21-11-13-40(14-12-21)32(42)39(4)5/h7-11,15-17,19H,12-14,18H2,1-6H3,(H,38,41)(H,35,36,37). The molecule has 5 rings (SSSR count). The molecule has 0 radical (unpaired) electrons. The molecule has 0 saturated carbocycles. The van der Waals surface area contributed by atoms with E-state index in [4.69, 9.17) is 4.74 Å². The van der Waals surface area contributed by atoms with Gasteiger partial charge in [0.15, 0.2) is 0 Å². The number of halogens is 1. The summed E-state index contributed by atoms with van der Waals surface area (Å²) in [5.41, 5.74) is 6.08. The first-order valence-electron chi connectivity index (χ1n) is 14.2. The van der Waals surface area contributed by atoms with E-state index in [2.05, 4.69) is 34.1 Å². The zero-order chi connectivity index (χ0) is 30.9. The zero-order valence-corrected chi connectivity index (χ0v) is 25.4. The molecule has 0 atom stereocenters. The summed E-state index contributed by atoms with van der Waals surface area (Å²) in [6, 6.07) is 12.1. The fourth-order valence-corrected chi connectivity index (χ4v) is 5.46. The van der Waals surface area contributed by atoms with Crippen LogP contribution in [-0.2, 0) is 10.2 Å². The predicted octanol–water partition coefficient (Wildman–Crippen LogP) is 6.02. The number of methoxy groups -OCH3 is 1. The Morgan fingerprint density at radius 2 is 1.88 bits per heavy atom. The molecule has 2 N–H and O–H groups in total. The number of hydrogen-bond acceptors (Lipinski definition) is 5. The molecule has 0 saturated heterocycles. The summed E-state index contributed by atoms with van der Waals surface area (Å²) < 4.78 is 20.3. The van der Waals surface area contributed by atoms with Gasteiger partial charge in [-0.25, -0.2) is 19.2 Å². The Hall–Kier alpha value is -4.57. The lowest BCUT2D eigenvalue weighted by Gasteiger charge is -2.28. The van der Waals surface area contributed by atoms with Gasteiger partial charge in [0.1, 0.15) is 17.8 Å². The monoisotopic (exact) mass is 584 g/mol. The number of urea groups is 1. The van der Waals surface area contributed by atoms with E-state index < -0.39 is 5.82 Å². The first kappa shape index (κ1) is 29.9. The topological polar surface area (TPSA) is 103 Å². The normalized spacial score (nSPS) is 13.7. The molecule has 1 aliphatic heterocycles. The Morgan fingerprint density at radius 1 is 1.14 bits per heavy atom. The van der Waals surface area contributed by atoms with E-state index in [0.29, 0.717) is 59.8 Å². The number of nitrogens with zero attached hydrogens (tertiary/aromatic N) is 4. The first-order chi connectivity index (χ1) is 20.5. The molecule has 2 aromatic heterocycles. The Labute approximate surface area is 250 Å². The predicted molar refractivity (Wildman–Crippen MR) is 167 cm³/mol. The second-order valence-electron chi connectivity index (χ2n) is 11.7. The van der Waals surface area contributed by atoms with E-state index >= 15 is 0 Å². The van der Waals surface area contributed by atoms with Crippen molar-refractivity contribution in [3.63, 3.8) is 0 Å². The highest BCUT2D eigenvalue weighted by molar-refractivity contribution is 6.05. The number of rotatable bonds is 7. The van der Waals surface area contributed by atoms with Gasteiger partial charge in [-0.1, -0.05) is 32.1 Å². The van der Waals surface area contributed by atoms with Crippen molar-refractivity contribution in [3.05, 3.63) is 83.1 Å². The van der Waals surface area contributed by atoms with Crippen LogP contribution in [0.5, 0.6) is 0 Å². The molecule has 4 aromatic rings. The van der Waals surface area contributed by atoms with Crippen LogP contribution in [0.3, 0.4) is 0 Å². The van der Waals surface area contributed by atoms with E-state index in [1.54, 1.807) is 43.1 Å². The molecule has 0 unspecified atom stereocenters. The molecule has 2 aromatic carbocycles. The van der Waals surface area contributed by atoms with Crippen LogP contribution in [0.25, 0.3) is 27.9 Å². The molecule has 224 valence electrons. The van der Waals surface area contributed by atoms with Crippen LogP contribution in [0.1, 0.15) is 47.4 Å². The highest BCUT2D eigenvalue weighted by Gasteiger charge is 2.23. The minimum atomic E-state index is -0.490. The van der Waals surface area contributed by atoms with Gasteiger partial charge in [-0.15, -0.1) is 0 Å². The van der Waals surface area contributed by atoms with Gasteiger partial charge >= 0.3 is 6.03 Å². The van der Waals surface area contributed by atoms with Gasteiger partial charge < -0.3 is 24.8 Å². The van der Waals surface area contributed by atoms with Crippen LogP contribution < -0.4 is 5.32 Å². The molecule has 10 heteroatoms. The molecule has 1 aliphatic rings. The number of carbonyl (C=O) groups is 2. The lowest BCUT2D eigenvalue weighted by Crippen LogP contribution is -2.41. The summed E-state index contributed by atoms with van der Waals surface area (Å²) in [7, 11) is 5.15. The third-order valence-corrected chi connectivity index (χ3v) is 7.94. The van der Waals surface area contributed by atoms with Crippen molar-refractivity contribution < 1.29 is 18.7 Å². The fourth-order valence-electron chi connectivity index (χ4n) is 5.46. The quantitative estimate of drug-likeness (QED) is 0.277. The summed E-state index contributed by atoms with van der Waals surface area (Å²) in [4.78, 5) is 41.2. The fraction of sp³-hybridized carbons (Fsp3) is 0.333. The average molecular weight is 585 g/mol. The largest absolute Gasteiger partial charge is 0.384 e. The minimum Gasteiger partial charge on any atom is -0.384 e. The third kappa shape index (κ3) is 6.15. The van der Waals surface area contributed by atoms with E-state index in [0.717, 1.165) is 22.2 Å². The van der Waals surface area contributed by atoms with Gasteiger partial charge in [-0.05, 0) is 60.4 Å². The number of hydrogen-bond donors (Lipinski definition) is 2. The molecular weight excluding hydrogens is 547 g/mol. The van der Waals surface area contributed by atoms with Crippen LogP contribution in [0.2, 0.25) is 0 Å². The van der Waals surface area contributed by atoms with Gasteiger partial charge in [0.05, 0.1) is 12.3 Å². The number of benzene rings is 2.